The first-order valence-corrected chi connectivity index (χ1v) is 5.77. The van der Waals surface area contributed by atoms with Gasteiger partial charge in [-0.1, -0.05) is 0 Å². The highest BCUT2D eigenvalue weighted by Crippen LogP contribution is 2.33. The summed E-state index contributed by atoms with van der Waals surface area (Å²) in [5.74, 6) is 0.566. The molecule has 1 atom stereocenters. The third-order valence-corrected chi connectivity index (χ3v) is 2.91. The number of anilines is 1. The Morgan fingerprint density at radius 1 is 1.33 bits per heavy atom. The summed E-state index contributed by atoms with van der Waals surface area (Å²) in [5, 5.41) is 9.91. The monoisotopic (exact) mass is 243 g/mol. The zero-order valence-corrected chi connectivity index (χ0v) is 10.2. The fourth-order valence-corrected chi connectivity index (χ4v) is 1.93. The fourth-order valence-electron chi connectivity index (χ4n) is 1.93. The number of nitrogens with zero attached hydrogens (tertiary/aromatic N) is 1. The van der Waals surface area contributed by atoms with E-state index < -0.39 is 6.10 Å². The van der Waals surface area contributed by atoms with E-state index in [1.54, 1.807) is 6.92 Å². The van der Waals surface area contributed by atoms with Crippen LogP contribution in [-0.2, 0) is 4.79 Å². The van der Waals surface area contributed by atoms with Crippen LogP contribution in [0.5, 0.6) is 5.75 Å². The van der Waals surface area contributed by atoms with Gasteiger partial charge >= 0.3 is 0 Å². The van der Waals surface area contributed by atoms with Crippen LogP contribution in [0, 0.1) is 6.92 Å². The van der Waals surface area contributed by atoms with Gasteiger partial charge in [0.1, 0.15) is 5.75 Å². The Morgan fingerprint density at radius 3 is 2.89 bits per heavy atom. The molecule has 1 aromatic heterocycles. The normalized spacial score (nSPS) is 17.9. The van der Waals surface area contributed by atoms with E-state index in [2.05, 4.69) is 15.5 Å². The molecule has 1 aromatic carbocycles. The van der Waals surface area contributed by atoms with Gasteiger partial charge in [0.05, 0.1) is 11.4 Å². The maximum absolute atomic E-state index is 11.6. The largest absolute Gasteiger partial charge is 0.479 e. The maximum atomic E-state index is 11.6. The van der Waals surface area contributed by atoms with E-state index in [-0.39, 0.29) is 5.91 Å². The quantitative estimate of drug-likeness (QED) is 0.806. The van der Waals surface area contributed by atoms with Crippen molar-refractivity contribution in [2.45, 2.75) is 20.0 Å². The van der Waals surface area contributed by atoms with Crippen molar-refractivity contribution in [3.05, 3.63) is 30.0 Å². The van der Waals surface area contributed by atoms with Gasteiger partial charge in [-0.2, -0.15) is 5.10 Å². The lowest BCUT2D eigenvalue weighted by Crippen LogP contribution is -2.34. The SMILES string of the molecule is Cc1cc(-c2ccc3c(c2)NC(=O)C(C)O3)n[nH]1. The molecule has 1 unspecified atom stereocenters. The number of carbonyl (C=O) groups excluding carboxylic acids is 1. The number of fused-ring (bicyclic) bond motifs is 1. The second-order valence-electron chi connectivity index (χ2n) is 4.40. The van der Waals surface area contributed by atoms with Crippen molar-refractivity contribution in [3.63, 3.8) is 0 Å². The van der Waals surface area contributed by atoms with Gasteiger partial charge in [0.25, 0.3) is 5.91 Å². The number of hydrogen-bond acceptors (Lipinski definition) is 3. The standard InChI is InChI=1S/C13H13N3O2/c1-7-5-10(16-15-7)9-3-4-12-11(6-9)14-13(17)8(2)18-12/h3-6,8H,1-2H3,(H,14,17)(H,15,16). The molecule has 92 valence electrons. The second kappa shape index (κ2) is 3.87. The molecule has 0 bridgehead atoms. The average molecular weight is 243 g/mol. The number of amides is 1. The van der Waals surface area contributed by atoms with Crippen LogP contribution in [0.1, 0.15) is 12.6 Å². The Morgan fingerprint density at radius 2 is 2.17 bits per heavy atom. The van der Waals surface area contributed by atoms with E-state index in [1.807, 2.05) is 31.2 Å². The highest BCUT2D eigenvalue weighted by molar-refractivity contribution is 5.98. The summed E-state index contributed by atoms with van der Waals surface area (Å²) in [6.07, 6.45) is -0.448. The van der Waals surface area contributed by atoms with E-state index in [0.29, 0.717) is 11.4 Å². The molecule has 5 nitrogen and oxygen atoms in total. The molecular weight excluding hydrogens is 230 g/mol. The third kappa shape index (κ3) is 1.73. The number of nitrogens with one attached hydrogen (secondary N) is 2. The zero-order valence-electron chi connectivity index (χ0n) is 10.2. The highest BCUT2D eigenvalue weighted by atomic mass is 16.5. The molecule has 0 radical (unpaired) electrons. The summed E-state index contributed by atoms with van der Waals surface area (Å²) >= 11 is 0. The minimum Gasteiger partial charge on any atom is -0.479 e. The number of benzene rings is 1. The van der Waals surface area contributed by atoms with Crippen LogP contribution in [0.4, 0.5) is 5.69 Å². The molecule has 1 amide bonds. The Hall–Kier alpha value is -2.30. The molecule has 2 N–H and O–H groups in total. The van der Waals surface area contributed by atoms with Crippen LogP contribution in [0.15, 0.2) is 24.3 Å². The van der Waals surface area contributed by atoms with E-state index in [9.17, 15) is 4.79 Å². The molecule has 2 aromatic rings. The van der Waals surface area contributed by atoms with Crippen LogP contribution in [0.25, 0.3) is 11.3 Å². The predicted octanol–water partition coefficient (Wildman–Crippen LogP) is 2.10. The van der Waals surface area contributed by atoms with Crippen LogP contribution < -0.4 is 10.1 Å². The molecule has 2 heterocycles. The first-order chi connectivity index (χ1) is 8.63. The molecule has 1 aliphatic rings. The van der Waals surface area contributed by atoms with Crippen molar-refractivity contribution in [2.24, 2.45) is 0 Å². The van der Waals surface area contributed by atoms with Crippen LogP contribution >= 0.6 is 0 Å². The van der Waals surface area contributed by atoms with Gasteiger partial charge in [0.15, 0.2) is 6.10 Å². The summed E-state index contributed by atoms with van der Waals surface area (Å²) in [6, 6.07) is 7.61. The van der Waals surface area contributed by atoms with Crippen molar-refractivity contribution in [2.75, 3.05) is 5.32 Å². The lowest BCUT2D eigenvalue weighted by atomic mass is 10.1. The van der Waals surface area contributed by atoms with Crippen molar-refractivity contribution >= 4 is 11.6 Å². The molecule has 0 spiro atoms. The number of aromatic nitrogens is 2. The van der Waals surface area contributed by atoms with Gasteiger partial charge in [-0.05, 0) is 38.1 Å². The Balaban J connectivity index is 2.01. The number of aryl methyl sites for hydroxylation is 1. The molecule has 3 rings (SSSR count). The molecule has 5 heteroatoms. The lowest BCUT2D eigenvalue weighted by Gasteiger charge is -2.23. The molecule has 0 saturated heterocycles. The summed E-state index contributed by atoms with van der Waals surface area (Å²) in [5.41, 5.74) is 3.48. The summed E-state index contributed by atoms with van der Waals surface area (Å²) in [4.78, 5) is 11.6. The molecular formula is C13H13N3O2. The fraction of sp³-hybridized carbons (Fsp3) is 0.231. The minimum absolute atomic E-state index is 0.127. The van der Waals surface area contributed by atoms with E-state index in [0.717, 1.165) is 17.0 Å². The number of aromatic amines is 1. The maximum Gasteiger partial charge on any atom is 0.265 e. The van der Waals surface area contributed by atoms with Crippen LogP contribution in [-0.4, -0.2) is 22.2 Å². The van der Waals surface area contributed by atoms with E-state index in [4.69, 9.17) is 4.74 Å². The van der Waals surface area contributed by atoms with E-state index in [1.165, 1.54) is 0 Å². The number of carbonyl (C=O) groups is 1. The van der Waals surface area contributed by atoms with Crippen LogP contribution in [0.2, 0.25) is 0 Å². The minimum atomic E-state index is -0.448. The van der Waals surface area contributed by atoms with Gasteiger partial charge in [-0.3, -0.25) is 9.89 Å². The smallest absolute Gasteiger partial charge is 0.265 e. The van der Waals surface area contributed by atoms with Crippen molar-refractivity contribution in [3.8, 4) is 17.0 Å². The molecule has 0 fully saturated rings. The topological polar surface area (TPSA) is 67.0 Å². The Bertz CT molecular complexity index is 618. The number of H-pyrrole nitrogens is 1. The Labute approximate surface area is 104 Å². The molecule has 0 aliphatic carbocycles. The van der Waals surface area contributed by atoms with Gasteiger partial charge < -0.3 is 10.1 Å². The summed E-state index contributed by atoms with van der Waals surface area (Å²) in [7, 11) is 0. The molecule has 0 saturated carbocycles. The number of rotatable bonds is 1. The summed E-state index contributed by atoms with van der Waals surface area (Å²) < 4.78 is 5.50. The van der Waals surface area contributed by atoms with E-state index >= 15 is 0 Å². The zero-order chi connectivity index (χ0) is 12.7. The molecule has 1 aliphatic heterocycles. The van der Waals surface area contributed by atoms with Crippen molar-refractivity contribution in [1.82, 2.24) is 10.2 Å². The predicted molar refractivity (Wildman–Crippen MR) is 67.5 cm³/mol. The number of ether oxygens (including phenoxy) is 1. The van der Waals surface area contributed by atoms with Gasteiger partial charge in [0, 0.05) is 11.3 Å². The second-order valence-corrected chi connectivity index (χ2v) is 4.40. The first-order valence-electron chi connectivity index (χ1n) is 5.77. The Kier molecular flexibility index (Phi) is 2.33. The van der Waals surface area contributed by atoms with Gasteiger partial charge in [0.2, 0.25) is 0 Å². The summed E-state index contributed by atoms with van der Waals surface area (Å²) in [6.45, 7) is 3.67. The van der Waals surface area contributed by atoms with Crippen molar-refractivity contribution < 1.29 is 9.53 Å². The van der Waals surface area contributed by atoms with Crippen LogP contribution in [0.3, 0.4) is 0 Å². The number of hydrogen-bond donors (Lipinski definition) is 2. The first kappa shape index (κ1) is 10.8. The van der Waals surface area contributed by atoms with Gasteiger partial charge in [-0.15, -0.1) is 0 Å². The lowest BCUT2D eigenvalue weighted by molar-refractivity contribution is -0.122. The third-order valence-electron chi connectivity index (χ3n) is 2.91. The average Bonchev–Trinajstić information content (AvgIpc) is 2.77. The molecule has 18 heavy (non-hydrogen) atoms. The van der Waals surface area contributed by atoms with Crippen molar-refractivity contribution in [1.29, 1.82) is 0 Å². The van der Waals surface area contributed by atoms with Gasteiger partial charge in [-0.25, -0.2) is 0 Å². The highest BCUT2D eigenvalue weighted by Gasteiger charge is 2.23.